The van der Waals surface area contributed by atoms with Crippen LogP contribution in [0.25, 0.3) is 0 Å². The van der Waals surface area contributed by atoms with Gasteiger partial charge in [-0.15, -0.1) is 0 Å². The Morgan fingerprint density at radius 1 is 0.600 bits per heavy atom. The maximum Gasteiger partial charge on any atom is 0.00313 e. The number of hydrogen-bond acceptors (Lipinski definition) is 0. The van der Waals surface area contributed by atoms with Crippen LogP contribution in [0.1, 0.15) is 90.4 Å². The molecule has 0 spiro atoms. The zero-order valence-corrected chi connectivity index (χ0v) is 15.2. The SMILES string of the molecule is CCCCCC/C=C/C/C=C/CCCCCCCCBr. The van der Waals surface area contributed by atoms with Crippen LogP contribution in [-0.4, -0.2) is 5.33 Å². The van der Waals surface area contributed by atoms with Crippen LogP contribution in [0.2, 0.25) is 0 Å². The highest BCUT2D eigenvalue weighted by Crippen LogP contribution is 2.08. The molecular formula is C19H35Br. The van der Waals surface area contributed by atoms with Crippen LogP contribution in [0.15, 0.2) is 24.3 Å². The molecule has 0 fully saturated rings. The Morgan fingerprint density at radius 3 is 1.65 bits per heavy atom. The molecule has 0 heterocycles. The monoisotopic (exact) mass is 342 g/mol. The quantitative estimate of drug-likeness (QED) is 0.163. The van der Waals surface area contributed by atoms with E-state index >= 15 is 0 Å². The molecule has 0 nitrogen and oxygen atoms in total. The van der Waals surface area contributed by atoms with Gasteiger partial charge < -0.3 is 0 Å². The van der Waals surface area contributed by atoms with Gasteiger partial charge in [0.25, 0.3) is 0 Å². The number of alkyl halides is 1. The molecule has 118 valence electrons. The molecule has 0 saturated heterocycles. The summed E-state index contributed by atoms with van der Waals surface area (Å²) in [6.07, 6.45) is 26.8. The van der Waals surface area contributed by atoms with Crippen LogP contribution >= 0.6 is 15.9 Å². The van der Waals surface area contributed by atoms with E-state index < -0.39 is 0 Å². The van der Waals surface area contributed by atoms with Crippen LogP contribution in [-0.2, 0) is 0 Å². The molecule has 1 heteroatoms. The second-order valence-corrected chi connectivity index (χ2v) is 6.42. The molecule has 20 heavy (non-hydrogen) atoms. The molecule has 0 aliphatic rings. The Hall–Kier alpha value is -0.0400. The van der Waals surface area contributed by atoms with Crippen molar-refractivity contribution < 1.29 is 0 Å². The third-order valence-corrected chi connectivity index (χ3v) is 4.14. The van der Waals surface area contributed by atoms with E-state index in [0.717, 1.165) is 6.42 Å². The molecule has 0 radical (unpaired) electrons. The fourth-order valence-corrected chi connectivity index (χ4v) is 2.66. The molecule has 0 saturated carbocycles. The van der Waals surface area contributed by atoms with Gasteiger partial charge in [-0.3, -0.25) is 0 Å². The second-order valence-electron chi connectivity index (χ2n) is 5.63. The van der Waals surface area contributed by atoms with E-state index in [1.165, 1.54) is 82.4 Å². The van der Waals surface area contributed by atoms with Crippen LogP contribution in [0.5, 0.6) is 0 Å². The first-order valence-corrected chi connectivity index (χ1v) is 9.90. The Bertz CT molecular complexity index is 218. The van der Waals surface area contributed by atoms with Crippen LogP contribution in [0.3, 0.4) is 0 Å². The Kier molecular flexibility index (Phi) is 18.9. The number of rotatable bonds is 15. The van der Waals surface area contributed by atoms with E-state index in [4.69, 9.17) is 0 Å². The van der Waals surface area contributed by atoms with E-state index in [1.54, 1.807) is 0 Å². The van der Waals surface area contributed by atoms with Gasteiger partial charge in [-0.05, 0) is 38.5 Å². The van der Waals surface area contributed by atoms with Crippen LogP contribution < -0.4 is 0 Å². The topological polar surface area (TPSA) is 0 Å². The first-order valence-electron chi connectivity index (χ1n) is 8.77. The normalized spacial score (nSPS) is 11.9. The fraction of sp³-hybridized carbons (Fsp3) is 0.789. The standard InChI is InChI=1S/C19H35Br/c1-2-3-4-5-6-7-8-9-10-11-12-13-14-15-16-17-18-19-20/h7-8,10-11H,2-6,9,12-19H2,1H3/b8-7+,11-10+. The van der Waals surface area contributed by atoms with E-state index in [-0.39, 0.29) is 0 Å². The summed E-state index contributed by atoms with van der Waals surface area (Å²) < 4.78 is 0. The number of unbranched alkanes of at least 4 members (excludes halogenated alkanes) is 10. The van der Waals surface area contributed by atoms with Gasteiger partial charge in [0, 0.05) is 5.33 Å². The van der Waals surface area contributed by atoms with Crippen LogP contribution in [0, 0.1) is 0 Å². The summed E-state index contributed by atoms with van der Waals surface area (Å²) in [6.45, 7) is 2.27. The van der Waals surface area contributed by atoms with E-state index in [2.05, 4.69) is 47.2 Å². The summed E-state index contributed by atoms with van der Waals surface area (Å²) in [4.78, 5) is 0. The number of allylic oxidation sites excluding steroid dienone is 4. The van der Waals surface area contributed by atoms with Crippen molar-refractivity contribution in [1.82, 2.24) is 0 Å². The molecule has 0 unspecified atom stereocenters. The lowest BCUT2D eigenvalue weighted by Gasteiger charge is -1.98. The van der Waals surface area contributed by atoms with Gasteiger partial charge in [0.15, 0.2) is 0 Å². The molecule has 0 aromatic heterocycles. The van der Waals surface area contributed by atoms with Crippen molar-refractivity contribution in [3.05, 3.63) is 24.3 Å². The molecule has 0 atom stereocenters. The average molecular weight is 343 g/mol. The maximum absolute atomic E-state index is 3.48. The summed E-state index contributed by atoms with van der Waals surface area (Å²) in [5.41, 5.74) is 0. The zero-order valence-electron chi connectivity index (χ0n) is 13.6. The Labute approximate surface area is 136 Å². The minimum Gasteiger partial charge on any atom is -0.0928 e. The highest BCUT2D eigenvalue weighted by atomic mass is 79.9. The van der Waals surface area contributed by atoms with Crippen molar-refractivity contribution >= 4 is 15.9 Å². The van der Waals surface area contributed by atoms with Gasteiger partial charge >= 0.3 is 0 Å². The highest BCUT2D eigenvalue weighted by molar-refractivity contribution is 9.09. The van der Waals surface area contributed by atoms with Crippen molar-refractivity contribution in [3.63, 3.8) is 0 Å². The van der Waals surface area contributed by atoms with Crippen molar-refractivity contribution in [2.45, 2.75) is 90.4 Å². The number of halogens is 1. The lowest BCUT2D eigenvalue weighted by Crippen LogP contribution is -1.80. The molecule has 0 aromatic carbocycles. The number of hydrogen-bond donors (Lipinski definition) is 0. The fourth-order valence-electron chi connectivity index (χ4n) is 2.26. The Morgan fingerprint density at radius 2 is 1.10 bits per heavy atom. The van der Waals surface area contributed by atoms with Gasteiger partial charge in [-0.25, -0.2) is 0 Å². The summed E-state index contributed by atoms with van der Waals surface area (Å²) >= 11 is 3.48. The summed E-state index contributed by atoms with van der Waals surface area (Å²) in [5, 5.41) is 1.17. The van der Waals surface area contributed by atoms with Gasteiger partial charge in [-0.1, -0.05) is 92.1 Å². The van der Waals surface area contributed by atoms with Crippen molar-refractivity contribution in [3.8, 4) is 0 Å². The molecular weight excluding hydrogens is 308 g/mol. The van der Waals surface area contributed by atoms with Gasteiger partial charge in [0.05, 0.1) is 0 Å². The predicted octanol–water partition coefficient (Wildman–Crippen LogP) is 7.58. The minimum atomic E-state index is 1.12. The minimum absolute atomic E-state index is 1.12. The van der Waals surface area contributed by atoms with E-state index in [1.807, 2.05) is 0 Å². The zero-order chi connectivity index (χ0) is 14.7. The molecule has 0 aliphatic carbocycles. The molecule has 0 amide bonds. The molecule has 0 rings (SSSR count). The first-order chi connectivity index (χ1) is 9.91. The average Bonchev–Trinajstić information content (AvgIpc) is 2.47. The first kappa shape index (κ1) is 20.0. The Balaban J connectivity index is 3.13. The summed E-state index contributed by atoms with van der Waals surface area (Å²) in [5.74, 6) is 0. The second kappa shape index (κ2) is 19.0. The van der Waals surface area contributed by atoms with Crippen molar-refractivity contribution in [2.24, 2.45) is 0 Å². The predicted molar refractivity (Wildman–Crippen MR) is 97.8 cm³/mol. The van der Waals surface area contributed by atoms with Gasteiger partial charge in [0.1, 0.15) is 0 Å². The van der Waals surface area contributed by atoms with Crippen LogP contribution in [0.4, 0.5) is 0 Å². The van der Waals surface area contributed by atoms with Gasteiger partial charge in [-0.2, -0.15) is 0 Å². The lowest BCUT2D eigenvalue weighted by atomic mass is 10.1. The van der Waals surface area contributed by atoms with E-state index in [0.29, 0.717) is 0 Å². The largest absolute Gasteiger partial charge is 0.0928 e. The smallest absolute Gasteiger partial charge is 0.00313 e. The molecule has 0 bridgehead atoms. The molecule has 0 aliphatic heterocycles. The van der Waals surface area contributed by atoms with Crippen molar-refractivity contribution in [1.29, 1.82) is 0 Å². The molecule has 0 N–H and O–H groups in total. The van der Waals surface area contributed by atoms with Crippen molar-refractivity contribution in [2.75, 3.05) is 5.33 Å². The third kappa shape index (κ3) is 18.0. The highest BCUT2D eigenvalue weighted by Gasteiger charge is 1.89. The molecule has 0 aromatic rings. The summed E-state index contributed by atoms with van der Waals surface area (Å²) in [7, 11) is 0. The van der Waals surface area contributed by atoms with E-state index in [9.17, 15) is 0 Å². The lowest BCUT2D eigenvalue weighted by molar-refractivity contribution is 0.613. The summed E-state index contributed by atoms with van der Waals surface area (Å²) in [6, 6.07) is 0. The van der Waals surface area contributed by atoms with Gasteiger partial charge in [0.2, 0.25) is 0 Å². The maximum atomic E-state index is 3.48. The third-order valence-electron chi connectivity index (χ3n) is 3.58.